The van der Waals surface area contributed by atoms with Gasteiger partial charge in [-0.1, -0.05) is 43.3 Å². The standard InChI is InChI=1S/C17H22N2O2S/c1-2-10-18-11-13-19(14-12-18)22(20,21)17-9-5-7-15-6-3-4-8-16(15)17/h3-9H,2,10-14H2,1H3. The Hall–Kier alpha value is -1.43. The van der Waals surface area contributed by atoms with Crippen molar-refractivity contribution in [3.63, 3.8) is 0 Å². The maximum absolute atomic E-state index is 13.0. The van der Waals surface area contributed by atoms with Crippen molar-refractivity contribution in [3.05, 3.63) is 42.5 Å². The number of sulfonamides is 1. The third-order valence-corrected chi connectivity index (χ3v) is 6.20. The quantitative estimate of drug-likeness (QED) is 0.870. The highest BCUT2D eigenvalue weighted by molar-refractivity contribution is 7.89. The monoisotopic (exact) mass is 318 g/mol. The van der Waals surface area contributed by atoms with Gasteiger partial charge in [-0.25, -0.2) is 8.42 Å². The molecule has 2 aromatic carbocycles. The largest absolute Gasteiger partial charge is 0.301 e. The van der Waals surface area contributed by atoms with Gasteiger partial charge in [0.1, 0.15) is 0 Å². The van der Waals surface area contributed by atoms with E-state index in [2.05, 4.69) is 11.8 Å². The van der Waals surface area contributed by atoms with Gasteiger partial charge in [-0.2, -0.15) is 4.31 Å². The Morgan fingerprint density at radius 2 is 1.64 bits per heavy atom. The summed E-state index contributed by atoms with van der Waals surface area (Å²) in [5.74, 6) is 0. The van der Waals surface area contributed by atoms with E-state index in [0.717, 1.165) is 36.8 Å². The molecule has 3 rings (SSSR count). The van der Waals surface area contributed by atoms with Crippen LogP contribution in [-0.2, 0) is 10.0 Å². The van der Waals surface area contributed by atoms with Gasteiger partial charge in [-0.15, -0.1) is 0 Å². The van der Waals surface area contributed by atoms with Crippen LogP contribution in [0.5, 0.6) is 0 Å². The Morgan fingerprint density at radius 3 is 2.36 bits per heavy atom. The van der Waals surface area contributed by atoms with Crippen molar-refractivity contribution in [2.75, 3.05) is 32.7 Å². The first kappa shape index (κ1) is 15.5. The lowest BCUT2D eigenvalue weighted by atomic mass is 10.1. The van der Waals surface area contributed by atoms with E-state index < -0.39 is 10.0 Å². The molecule has 0 aromatic heterocycles. The van der Waals surface area contributed by atoms with E-state index in [1.54, 1.807) is 10.4 Å². The number of rotatable bonds is 4. The van der Waals surface area contributed by atoms with Crippen LogP contribution in [0, 0.1) is 0 Å². The molecule has 0 aliphatic carbocycles. The molecule has 4 nitrogen and oxygen atoms in total. The smallest absolute Gasteiger partial charge is 0.243 e. The minimum atomic E-state index is -3.42. The molecule has 118 valence electrons. The van der Waals surface area contributed by atoms with Crippen molar-refractivity contribution in [1.82, 2.24) is 9.21 Å². The van der Waals surface area contributed by atoms with E-state index in [-0.39, 0.29) is 0 Å². The second kappa shape index (κ2) is 6.36. The molecule has 5 heteroatoms. The molecule has 1 aliphatic rings. The molecule has 1 fully saturated rings. The molecule has 0 radical (unpaired) electrons. The molecular formula is C17H22N2O2S. The maximum atomic E-state index is 13.0. The van der Waals surface area contributed by atoms with E-state index in [9.17, 15) is 8.42 Å². The van der Waals surface area contributed by atoms with Crippen LogP contribution in [0.4, 0.5) is 0 Å². The fraction of sp³-hybridized carbons (Fsp3) is 0.412. The minimum absolute atomic E-state index is 0.426. The molecule has 0 spiro atoms. The fourth-order valence-electron chi connectivity index (χ4n) is 3.07. The van der Waals surface area contributed by atoms with Crippen molar-refractivity contribution in [1.29, 1.82) is 0 Å². The first-order valence-electron chi connectivity index (χ1n) is 7.83. The molecule has 22 heavy (non-hydrogen) atoms. The van der Waals surface area contributed by atoms with Gasteiger partial charge in [-0.3, -0.25) is 0 Å². The van der Waals surface area contributed by atoms with Gasteiger partial charge in [0.15, 0.2) is 0 Å². The van der Waals surface area contributed by atoms with Crippen LogP contribution in [0.15, 0.2) is 47.4 Å². The third kappa shape index (κ3) is 2.89. The second-order valence-electron chi connectivity index (χ2n) is 5.72. The zero-order chi connectivity index (χ0) is 15.6. The Morgan fingerprint density at radius 1 is 0.955 bits per heavy atom. The lowest BCUT2D eigenvalue weighted by molar-refractivity contribution is 0.189. The molecule has 0 N–H and O–H groups in total. The Kier molecular flexibility index (Phi) is 4.47. The van der Waals surface area contributed by atoms with E-state index in [0.29, 0.717) is 18.0 Å². The molecule has 0 bridgehead atoms. The highest BCUT2D eigenvalue weighted by Crippen LogP contribution is 2.26. The van der Waals surface area contributed by atoms with Crippen LogP contribution >= 0.6 is 0 Å². The van der Waals surface area contributed by atoms with Crippen LogP contribution in [0.25, 0.3) is 10.8 Å². The Labute approximate surface area is 132 Å². The first-order valence-corrected chi connectivity index (χ1v) is 9.27. The molecular weight excluding hydrogens is 296 g/mol. The zero-order valence-corrected chi connectivity index (χ0v) is 13.7. The van der Waals surface area contributed by atoms with Gasteiger partial charge in [0.05, 0.1) is 4.90 Å². The molecule has 0 saturated carbocycles. The number of piperazine rings is 1. The van der Waals surface area contributed by atoms with Gasteiger partial charge in [0.2, 0.25) is 10.0 Å². The summed E-state index contributed by atoms with van der Waals surface area (Å²) in [6, 6.07) is 13.2. The Balaban J connectivity index is 1.90. The molecule has 0 unspecified atom stereocenters. The maximum Gasteiger partial charge on any atom is 0.243 e. The van der Waals surface area contributed by atoms with Gasteiger partial charge in [0.25, 0.3) is 0 Å². The summed E-state index contributed by atoms with van der Waals surface area (Å²) in [6.45, 7) is 5.98. The van der Waals surface area contributed by atoms with Crippen LogP contribution in [0.2, 0.25) is 0 Å². The predicted molar refractivity (Wildman–Crippen MR) is 89.4 cm³/mol. The third-order valence-electron chi connectivity index (χ3n) is 4.24. The van der Waals surface area contributed by atoms with Crippen molar-refractivity contribution < 1.29 is 8.42 Å². The summed E-state index contributed by atoms with van der Waals surface area (Å²) in [5, 5.41) is 1.77. The number of fused-ring (bicyclic) bond motifs is 1. The minimum Gasteiger partial charge on any atom is -0.301 e. The van der Waals surface area contributed by atoms with Crippen molar-refractivity contribution in [3.8, 4) is 0 Å². The number of nitrogens with zero attached hydrogens (tertiary/aromatic N) is 2. The van der Waals surface area contributed by atoms with Crippen LogP contribution in [0.3, 0.4) is 0 Å². The number of benzene rings is 2. The van der Waals surface area contributed by atoms with Gasteiger partial charge < -0.3 is 4.90 Å². The van der Waals surface area contributed by atoms with Gasteiger partial charge in [0, 0.05) is 31.6 Å². The first-order chi connectivity index (χ1) is 10.6. The molecule has 1 heterocycles. The van der Waals surface area contributed by atoms with Crippen LogP contribution in [0.1, 0.15) is 13.3 Å². The summed E-state index contributed by atoms with van der Waals surface area (Å²) in [7, 11) is -3.42. The van der Waals surface area contributed by atoms with E-state index in [1.807, 2.05) is 36.4 Å². The summed E-state index contributed by atoms with van der Waals surface area (Å²) in [4.78, 5) is 2.75. The molecule has 0 atom stereocenters. The number of hydrogen-bond acceptors (Lipinski definition) is 3. The van der Waals surface area contributed by atoms with Crippen LogP contribution in [-0.4, -0.2) is 50.3 Å². The second-order valence-corrected chi connectivity index (χ2v) is 7.63. The van der Waals surface area contributed by atoms with Crippen molar-refractivity contribution in [2.24, 2.45) is 0 Å². The van der Waals surface area contributed by atoms with Gasteiger partial charge >= 0.3 is 0 Å². The van der Waals surface area contributed by atoms with Crippen molar-refractivity contribution >= 4 is 20.8 Å². The number of hydrogen-bond donors (Lipinski definition) is 0. The van der Waals surface area contributed by atoms with E-state index >= 15 is 0 Å². The van der Waals surface area contributed by atoms with Gasteiger partial charge in [-0.05, 0) is 24.4 Å². The summed E-state index contributed by atoms with van der Waals surface area (Å²) >= 11 is 0. The molecule has 2 aromatic rings. The summed E-state index contributed by atoms with van der Waals surface area (Å²) in [6.07, 6.45) is 1.11. The highest BCUT2D eigenvalue weighted by atomic mass is 32.2. The lowest BCUT2D eigenvalue weighted by Crippen LogP contribution is -2.48. The average molecular weight is 318 g/mol. The molecule has 0 amide bonds. The van der Waals surface area contributed by atoms with E-state index in [1.165, 1.54) is 0 Å². The SMILES string of the molecule is CCCN1CCN(S(=O)(=O)c2cccc3ccccc23)CC1. The normalized spacial score (nSPS) is 17.9. The summed E-state index contributed by atoms with van der Waals surface area (Å²) < 4.78 is 27.6. The predicted octanol–water partition coefficient (Wildman–Crippen LogP) is 2.56. The topological polar surface area (TPSA) is 40.6 Å². The van der Waals surface area contributed by atoms with Crippen LogP contribution < -0.4 is 0 Å². The fourth-order valence-corrected chi connectivity index (χ4v) is 4.71. The van der Waals surface area contributed by atoms with Crippen molar-refractivity contribution in [2.45, 2.75) is 18.2 Å². The summed E-state index contributed by atoms with van der Waals surface area (Å²) in [5.41, 5.74) is 0. The molecule has 1 aliphatic heterocycles. The Bertz CT molecular complexity index is 745. The average Bonchev–Trinajstić information content (AvgIpc) is 2.55. The van der Waals surface area contributed by atoms with E-state index in [4.69, 9.17) is 0 Å². The highest BCUT2D eigenvalue weighted by Gasteiger charge is 2.29. The zero-order valence-electron chi connectivity index (χ0n) is 12.9. The lowest BCUT2D eigenvalue weighted by Gasteiger charge is -2.33. The molecule has 1 saturated heterocycles.